The topological polar surface area (TPSA) is 75.7 Å². The average Bonchev–Trinajstić information content (AvgIpc) is 3.41. The number of hydroxylamine groups is 1. The number of hydrogen-bond acceptors (Lipinski definition) is 4. The predicted octanol–water partition coefficient (Wildman–Crippen LogP) is 10.1. The Hall–Kier alpha value is -4.29. The van der Waals surface area contributed by atoms with Crippen LogP contribution in [0.25, 0.3) is 0 Å². The van der Waals surface area contributed by atoms with Crippen LogP contribution in [0.15, 0.2) is 59.1 Å². The van der Waals surface area contributed by atoms with Crippen molar-refractivity contribution in [1.82, 2.24) is 0 Å². The Morgan fingerprint density at radius 1 is 0.804 bits per heavy atom. The van der Waals surface area contributed by atoms with E-state index in [1.807, 2.05) is 0 Å². The maximum Gasteiger partial charge on any atom is 0.435 e. The molecule has 0 atom stereocenters. The molecule has 51 heavy (non-hydrogen) atoms. The maximum absolute atomic E-state index is 16.1. The van der Waals surface area contributed by atoms with Gasteiger partial charge in [-0.25, -0.2) is 18.0 Å². The normalized spacial score (nSPS) is 16.0. The van der Waals surface area contributed by atoms with Crippen molar-refractivity contribution >= 4 is 45.1 Å². The number of benzene rings is 3. The van der Waals surface area contributed by atoms with Gasteiger partial charge in [-0.05, 0) is 75.3 Å². The monoisotopic (exact) mass is 806 g/mol. The van der Waals surface area contributed by atoms with Crippen LogP contribution in [0.1, 0.15) is 59.5 Å². The molecule has 0 unspecified atom stereocenters. The highest BCUT2D eigenvalue weighted by molar-refractivity contribution is 9.10. The molecular formula is C32H23BrF12N2O4. The Labute approximate surface area is 288 Å². The van der Waals surface area contributed by atoms with E-state index in [9.17, 15) is 62.7 Å². The van der Waals surface area contributed by atoms with E-state index >= 15 is 4.39 Å². The van der Waals surface area contributed by atoms with E-state index in [0.29, 0.717) is 6.07 Å². The third kappa shape index (κ3) is 6.87. The number of nitrogens with zero attached hydrogens (tertiary/aromatic N) is 1. The lowest BCUT2D eigenvalue weighted by molar-refractivity contribution is -0.348. The Kier molecular flexibility index (Phi) is 9.86. The molecule has 0 radical (unpaired) electrons. The molecule has 1 N–H and O–H groups in total. The lowest BCUT2D eigenvalue weighted by Gasteiger charge is -2.31. The van der Waals surface area contributed by atoms with Gasteiger partial charge in [0.2, 0.25) is 0 Å². The van der Waals surface area contributed by atoms with Gasteiger partial charge < -0.3 is 10.2 Å². The van der Waals surface area contributed by atoms with Gasteiger partial charge in [0.05, 0.1) is 22.7 Å². The van der Waals surface area contributed by atoms with E-state index in [4.69, 9.17) is 4.84 Å². The van der Waals surface area contributed by atoms with Gasteiger partial charge in [0.25, 0.3) is 11.8 Å². The molecule has 0 aromatic heterocycles. The number of amides is 2. The molecule has 2 amide bonds. The van der Waals surface area contributed by atoms with E-state index in [0.717, 1.165) is 36.4 Å². The number of rotatable bonds is 6. The van der Waals surface area contributed by atoms with Crippen molar-refractivity contribution in [2.45, 2.75) is 51.9 Å². The van der Waals surface area contributed by atoms with Crippen molar-refractivity contribution in [2.24, 2.45) is 16.7 Å². The van der Waals surface area contributed by atoms with E-state index in [2.05, 4.69) is 15.9 Å². The molecule has 0 spiro atoms. The lowest BCUT2D eigenvalue weighted by Crippen LogP contribution is -2.50. The highest BCUT2D eigenvalue weighted by Gasteiger charge is 2.74. The van der Waals surface area contributed by atoms with Gasteiger partial charge in [0, 0.05) is 15.6 Å². The molecule has 1 aliphatic carbocycles. The van der Waals surface area contributed by atoms with Gasteiger partial charge in [0.15, 0.2) is 5.82 Å². The molecule has 1 saturated carbocycles. The highest BCUT2D eigenvalue weighted by atomic mass is 79.9. The first-order valence-electron chi connectivity index (χ1n) is 14.2. The van der Waals surface area contributed by atoms with E-state index < -0.39 is 109 Å². The fraction of sp³-hybridized carbons (Fsp3) is 0.344. The van der Waals surface area contributed by atoms with Gasteiger partial charge in [-0.3, -0.25) is 9.59 Å². The molecule has 1 fully saturated rings. The van der Waals surface area contributed by atoms with Gasteiger partial charge >= 0.3 is 30.2 Å². The molecule has 3 aromatic rings. The fourth-order valence-electron chi connectivity index (χ4n) is 5.52. The third-order valence-corrected chi connectivity index (χ3v) is 9.59. The molecule has 4 rings (SSSR count). The number of carbonyl (C=O) groups is 3. The summed E-state index contributed by atoms with van der Waals surface area (Å²) in [6.45, 7) is 6.82. The van der Waals surface area contributed by atoms with Crippen molar-refractivity contribution in [3.05, 3.63) is 93.0 Å². The van der Waals surface area contributed by atoms with Crippen LogP contribution >= 0.6 is 15.9 Å². The van der Waals surface area contributed by atoms with E-state index in [-0.39, 0.29) is 16.7 Å². The maximum atomic E-state index is 16.1. The third-order valence-electron chi connectivity index (χ3n) is 8.97. The highest BCUT2D eigenvalue weighted by Crippen LogP contribution is 2.68. The second kappa shape index (κ2) is 12.7. The van der Waals surface area contributed by atoms with Crippen LogP contribution in [0, 0.1) is 28.4 Å². The van der Waals surface area contributed by atoms with Crippen LogP contribution in [0.2, 0.25) is 0 Å². The number of alkyl halides is 10. The summed E-state index contributed by atoms with van der Waals surface area (Å²) >= 11 is 2.34. The van der Waals surface area contributed by atoms with Crippen molar-refractivity contribution < 1.29 is 71.9 Å². The van der Waals surface area contributed by atoms with Crippen LogP contribution in [-0.4, -0.2) is 30.1 Å². The molecule has 0 heterocycles. The molecule has 276 valence electrons. The summed E-state index contributed by atoms with van der Waals surface area (Å²) in [5, 5.41) is 1.67. The quantitative estimate of drug-likeness (QED) is 0.199. The van der Waals surface area contributed by atoms with E-state index in [1.165, 1.54) is 5.32 Å². The Bertz CT molecular complexity index is 1860. The summed E-state index contributed by atoms with van der Waals surface area (Å²) in [4.78, 5) is 45.2. The summed E-state index contributed by atoms with van der Waals surface area (Å²) < 4.78 is 165. The molecule has 0 saturated heterocycles. The van der Waals surface area contributed by atoms with Gasteiger partial charge in [-0.15, -0.1) is 5.06 Å². The first-order valence-corrected chi connectivity index (χ1v) is 15.0. The first kappa shape index (κ1) is 39.5. The average molecular weight is 807 g/mol. The van der Waals surface area contributed by atoms with Gasteiger partial charge in [-0.2, -0.15) is 39.5 Å². The molecule has 3 aromatic carbocycles. The Morgan fingerprint density at radius 3 is 1.80 bits per heavy atom. The van der Waals surface area contributed by atoms with E-state index in [1.54, 1.807) is 27.7 Å². The van der Waals surface area contributed by atoms with Crippen LogP contribution in [0.5, 0.6) is 0 Å². The lowest BCUT2D eigenvalue weighted by atomic mass is 9.92. The summed E-state index contributed by atoms with van der Waals surface area (Å²) in [5.41, 5.74) is -16.5. The summed E-state index contributed by atoms with van der Waals surface area (Å²) in [7, 11) is 0. The van der Waals surface area contributed by atoms with Crippen LogP contribution in [0.3, 0.4) is 0 Å². The largest absolute Gasteiger partial charge is 0.435 e. The second-order valence-corrected chi connectivity index (χ2v) is 13.4. The molecule has 6 nitrogen and oxygen atoms in total. The number of halogens is 13. The zero-order valence-corrected chi connectivity index (χ0v) is 27.9. The molecular weight excluding hydrogens is 784 g/mol. The van der Waals surface area contributed by atoms with Crippen LogP contribution in [0.4, 0.5) is 64.1 Å². The van der Waals surface area contributed by atoms with Crippen molar-refractivity contribution in [3.63, 3.8) is 0 Å². The molecule has 0 bridgehead atoms. The summed E-state index contributed by atoms with van der Waals surface area (Å²) in [6.07, 6.45) is -19.4. The molecule has 1 aliphatic rings. The van der Waals surface area contributed by atoms with Crippen molar-refractivity contribution in [1.29, 1.82) is 0 Å². The van der Waals surface area contributed by atoms with Crippen molar-refractivity contribution in [2.75, 3.05) is 10.4 Å². The number of hydrogen-bond donors (Lipinski definition) is 1. The summed E-state index contributed by atoms with van der Waals surface area (Å²) in [6, 6.07) is 4.87. The smallest absolute Gasteiger partial charge is 0.332 e. The van der Waals surface area contributed by atoms with Crippen LogP contribution < -0.4 is 10.4 Å². The number of nitrogens with one attached hydrogen (secondary N) is 1. The molecule has 0 aliphatic heterocycles. The van der Waals surface area contributed by atoms with Crippen molar-refractivity contribution in [3.8, 4) is 0 Å². The SMILES string of the molecule is CC1(C)C(C(=O)ON(C(=O)c2ccc(F)cc2)c2cccc(C(=O)Nc3c(Br)cc(C(F)(C(F)(F)F)C(F)(F)F)cc3C(F)(F)F)c2F)C1(C)C. The summed E-state index contributed by atoms with van der Waals surface area (Å²) in [5.74, 6) is -7.43. The Morgan fingerprint density at radius 2 is 1.33 bits per heavy atom. The van der Waals surface area contributed by atoms with Gasteiger partial charge in [-0.1, -0.05) is 33.8 Å². The predicted molar refractivity (Wildman–Crippen MR) is 159 cm³/mol. The fourth-order valence-corrected chi connectivity index (χ4v) is 6.07. The number of carbonyl (C=O) groups excluding carboxylic acids is 3. The van der Waals surface area contributed by atoms with Crippen LogP contribution in [-0.2, 0) is 21.5 Å². The minimum Gasteiger partial charge on any atom is -0.332 e. The Balaban J connectivity index is 1.80. The standard InChI is InChI=1S/C32H23BrF12N2O4/c1-27(2)23(28(27,3)4)26(50)51-47(25(49)14-8-10-16(34)11-9-14)20-7-5-6-17(21(20)35)24(48)46-22-18(30(37,38)39)12-15(13-19(22)33)29(36,31(40,41)42)32(43,44)45/h5-13,23H,1-4H3,(H,46,48). The minimum absolute atomic E-state index is 0.132. The second-order valence-electron chi connectivity index (χ2n) is 12.5. The van der Waals surface area contributed by atoms with Gasteiger partial charge in [0.1, 0.15) is 11.5 Å². The molecule has 19 heteroatoms. The first-order chi connectivity index (χ1) is 23.1. The zero-order chi connectivity index (χ0) is 38.9. The minimum atomic E-state index is -6.78. The number of anilines is 2. The zero-order valence-electron chi connectivity index (χ0n) is 26.3.